The topological polar surface area (TPSA) is 51.5 Å². The van der Waals surface area contributed by atoms with E-state index in [0.29, 0.717) is 11.4 Å². The molecule has 0 bridgehead atoms. The first kappa shape index (κ1) is 14.7. The maximum absolute atomic E-state index is 13.8. The zero-order valence-corrected chi connectivity index (χ0v) is 11.7. The number of alkyl halides is 2. The first-order valence-electron chi connectivity index (χ1n) is 6.90. The Kier molecular flexibility index (Phi) is 3.50. The Bertz CT molecular complexity index is 737. The van der Waals surface area contributed by atoms with Gasteiger partial charge in [-0.3, -0.25) is 0 Å². The van der Waals surface area contributed by atoms with E-state index in [2.05, 4.69) is 4.74 Å². The van der Waals surface area contributed by atoms with Crippen LogP contribution in [0.5, 0.6) is 5.75 Å². The van der Waals surface area contributed by atoms with E-state index in [1.165, 1.54) is 6.20 Å². The fourth-order valence-electron chi connectivity index (χ4n) is 2.75. The molecule has 0 saturated heterocycles. The molecule has 0 unspecified atom stereocenters. The normalized spacial score (nSPS) is 16.2. The summed E-state index contributed by atoms with van der Waals surface area (Å²) in [6, 6.07) is 2.09. The van der Waals surface area contributed by atoms with Crippen LogP contribution in [-0.4, -0.2) is 22.3 Å². The van der Waals surface area contributed by atoms with E-state index in [-0.39, 0.29) is 17.0 Å². The number of benzene rings is 1. The van der Waals surface area contributed by atoms with Crippen molar-refractivity contribution in [2.45, 2.75) is 32.4 Å². The lowest BCUT2D eigenvalue weighted by molar-refractivity contribution is -0.0521. The van der Waals surface area contributed by atoms with Gasteiger partial charge in [-0.25, -0.2) is 9.18 Å². The summed E-state index contributed by atoms with van der Waals surface area (Å²) in [5.74, 6) is -2.36. The molecule has 1 saturated carbocycles. The van der Waals surface area contributed by atoms with Crippen LogP contribution >= 0.6 is 0 Å². The number of hydrogen-bond donors (Lipinski definition) is 1. The highest BCUT2D eigenvalue weighted by molar-refractivity contribution is 6.03. The molecule has 2 aromatic rings. The van der Waals surface area contributed by atoms with E-state index in [4.69, 9.17) is 0 Å². The maximum atomic E-state index is 13.8. The van der Waals surface area contributed by atoms with Crippen molar-refractivity contribution in [1.29, 1.82) is 0 Å². The van der Waals surface area contributed by atoms with Crippen LogP contribution in [0.2, 0.25) is 0 Å². The largest absolute Gasteiger partial charge is 0.478 e. The number of carbonyl (C=O) groups is 1. The van der Waals surface area contributed by atoms with Gasteiger partial charge in [0.15, 0.2) is 11.6 Å². The average Bonchev–Trinajstić information content (AvgIpc) is 3.20. The Morgan fingerprint density at radius 1 is 1.41 bits per heavy atom. The Hall–Kier alpha value is -2.18. The Balaban J connectivity index is 2.18. The molecule has 1 aromatic carbocycles. The molecule has 22 heavy (non-hydrogen) atoms. The summed E-state index contributed by atoms with van der Waals surface area (Å²) in [7, 11) is 0. The van der Waals surface area contributed by atoms with Crippen LogP contribution < -0.4 is 4.74 Å². The van der Waals surface area contributed by atoms with Gasteiger partial charge in [0.2, 0.25) is 0 Å². The lowest BCUT2D eigenvalue weighted by Gasteiger charge is -2.15. The molecule has 0 spiro atoms. The first-order chi connectivity index (χ1) is 10.4. The molecule has 1 aliphatic rings. The van der Waals surface area contributed by atoms with E-state index in [1.807, 2.05) is 6.92 Å². The summed E-state index contributed by atoms with van der Waals surface area (Å²) >= 11 is 0. The number of ether oxygens (including phenoxy) is 1. The van der Waals surface area contributed by atoms with Crippen LogP contribution in [0.25, 0.3) is 10.9 Å². The summed E-state index contributed by atoms with van der Waals surface area (Å²) < 4.78 is 44.4. The maximum Gasteiger partial charge on any atom is 0.387 e. The third-order valence-corrected chi connectivity index (χ3v) is 4.08. The molecule has 4 nitrogen and oxygen atoms in total. The fourth-order valence-corrected chi connectivity index (χ4v) is 2.75. The number of carboxylic acid groups (broad SMARTS) is 1. The van der Waals surface area contributed by atoms with Crippen LogP contribution in [-0.2, 0) is 0 Å². The Morgan fingerprint density at radius 3 is 2.64 bits per heavy atom. The molecule has 1 aromatic heterocycles. The van der Waals surface area contributed by atoms with E-state index in [0.717, 1.165) is 25.0 Å². The minimum atomic E-state index is -3.14. The van der Waals surface area contributed by atoms with Gasteiger partial charge in [-0.1, -0.05) is 0 Å². The number of fused-ring (bicyclic) bond motifs is 1. The number of carboxylic acids is 1. The summed E-state index contributed by atoms with van der Waals surface area (Å²) in [6.07, 6.45) is 3.50. The van der Waals surface area contributed by atoms with Gasteiger partial charge in [-0.05, 0) is 31.7 Å². The molecule has 1 fully saturated rings. The van der Waals surface area contributed by atoms with Crippen LogP contribution in [0, 0.1) is 11.7 Å². The summed E-state index contributed by atoms with van der Waals surface area (Å²) in [6.45, 7) is -1.21. The summed E-state index contributed by atoms with van der Waals surface area (Å²) in [4.78, 5) is 11.3. The second-order valence-corrected chi connectivity index (χ2v) is 5.51. The molecular weight excluding hydrogens is 299 g/mol. The van der Waals surface area contributed by atoms with E-state index in [1.54, 1.807) is 4.57 Å². The van der Waals surface area contributed by atoms with Crippen LogP contribution in [0.1, 0.15) is 36.2 Å². The van der Waals surface area contributed by atoms with Crippen molar-refractivity contribution in [3.63, 3.8) is 0 Å². The third kappa shape index (κ3) is 2.51. The van der Waals surface area contributed by atoms with E-state index < -0.39 is 24.1 Å². The van der Waals surface area contributed by atoms with Crippen molar-refractivity contribution in [1.82, 2.24) is 4.57 Å². The van der Waals surface area contributed by atoms with Crippen molar-refractivity contribution in [3.05, 3.63) is 29.7 Å². The van der Waals surface area contributed by atoms with E-state index in [9.17, 15) is 23.1 Å². The van der Waals surface area contributed by atoms with Crippen LogP contribution in [0.4, 0.5) is 13.2 Å². The zero-order valence-electron chi connectivity index (χ0n) is 11.7. The highest BCUT2D eigenvalue weighted by atomic mass is 19.3. The lowest BCUT2D eigenvalue weighted by atomic mass is 10.1. The second kappa shape index (κ2) is 5.23. The SMILES string of the molecule is C[C@H](C1CC1)n1cc(C(=O)O)c2cc(F)c(OC(F)F)cc21. The number of aromatic nitrogens is 1. The van der Waals surface area contributed by atoms with Gasteiger partial charge < -0.3 is 14.4 Å². The molecule has 1 heterocycles. The highest BCUT2D eigenvalue weighted by Gasteiger charge is 2.31. The first-order valence-corrected chi connectivity index (χ1v) is 6.90. The fraction of sp³-hybridized carbons (Fsp3) is 0.400. The molecule has 1 atom stereocenters. The van der Waals surface area contributed by atoms with Crippen LogP contribution in [0.15, 0.2) is 18.3 Å². The Labute approximate surface area is 124 Å². The van der Waals surface area contributed by atoms with Gasteiger partial charge >= 0.3 is 12.6 Å². The monoisotopic (exact) mass is 313 g/mol. The predicted molar refractivity (Wildman–Crippen MR) is 72.9 cm³/mol. The van der Waals surface area contributed by atoms with Crippen molar-refractivity contribution >= 4 is 16.9 Å². The third-order valence-electron chi connectivity index (χ3n) is 4.08. The van der Waals surface area contributed by atoms with Gasteiger partial charge in [-0.15, -0.1) is 0 Å². The van der Waals surface area contributed by atoms with Crippen molar-refractivity contribution in [2.24, 2.45) is 5.92 Å². The van der Waals surface area contributed by atoms with Crippen molar-refractivity contribution < 1.29 is 27.8 Å². The number of aromatic carboxylic acids is 1. The standard InChI is InChI=1S/C15H14F3NO3/c1-7(8-2-3-8)19-6-10(14(20)21)9-4-11(16)13(5-12(9)19)22-15(17)18/h4-8,15H,2-3H2,1H3,(H,20,21)/t7-/m1/s1. The molecular formula is C15H14F3NO3. The smallest absolute Gasteiger partial charge is 0.387 e. The highest BCUT2D eigenvalue weighted by Crippen LogP contribution is 2.42. The molecule has 3 rings (SSSR count). The van der Waals surface area contributed by atoms with Crippen molar-refractivity contribution in [2.75, 3.05) is 0 Å². The molecule has 0 radical (unpaired) electrons. The molecule has 1 aliphatic carbocycles. The molecule has 7 heteroatoms. The molecule has 1 N–H and O–H groups in total. The Morgan fingerprint density at radius 2 is 2.09 bits per heavy atom. The van der Waals surface area contributed by atoms with Gasteiger partial charge in [0.1, 0.15) is 0 Å². The van der Waals surface area contributed by atoms with Crippen molar-refractivity contribution in [3.8, 4) is 5.75 Å². The van der Waals surface area contributed by atoms with E-state index >= 15 is 0 Å². The number of halogens is 3. The number of hydrogen-bond acceptors (Lipinski definition) is 2. The predicted octanol–water partition coefficient (Wildman–Crippen LogP) is 4.05. The molecule has 0 aliphatic heterocycles. The summed E-state index contributed by atoms with van der Waals surface area (Å²) in [5, 5.41) is 9.43. The average molecular weight is 313 g/mol. The summed E-state index contributed by atoms with van der Waals surface area (Å²) in [5.41, 5.74) is 0.332. The zero-order chi connectivity index (χ0) is 16.0. The minimum Gasteiger partial charge on any atom is -0.478 e. The molecule has 0 amide bonds. The van der Waals surface area contributed by atoms with Gasteiger partial charge in [0, 0.05) is 23.7 Å². The van der Waals surface area contributed by atoms with Crippen LogP contribution in [0.3, 0.4) is 0 Å². The second-order valence-electron chi connectivity index (χ2n) is 5.51. The van der Waals surface area contributed by atoms with Gasteiger partial charge in [0.25, 0.3) is 0 Å². The quantitative estimate of drug-likeness (QED) is 0.906. The minimum absolute atomic E-state index is 0.0143. The molecule has 118 valence electrons. The van der Waals surface area contributed by atoms with Gasteiger partial charge in [-0.2, -0.15) is 8.78 Å². The number of nitrogens with zero attached hydrogens (tertiary/aromatic N) is 1. The number of rotatable bonds is 5. The lowest BCUT2D eigenvalue weighted by Crippen LogP contribution is -2.07. The van der Waals surface area contributed by atoms with Gasteiger partial charge in [0.05, 0.1) is 11.1 Å².